The zero-order valence-electron chi connectivity index (χ0n) is 7.70. The molecule has 0 aliphatic carbocycles. The van der Waals surface area contributed by atoms with Crippen LogP contribution in [0.4, 0.5) is 0 Å². The molecule has 0 radical (unpaired) electrons. The molecule has 0 spiro atoms. The highest BCUT2D eigenvalue weighted by molar-refractivity contribution is 5.42. The fraction of sp³-hybridized carbons (Fsp3) is 0.273. The molecule has 1 aromatic rings. The fourth-order valence-corrected chi connectivity index (χ4v) is 1.37. The van der Waals surface area contributed by atoms with Crippen LogP contribution in [0.25, 0.3) is 0 Å². The minimum Gasteiger partial charge on any atom is -0.508 e. The smallest absolute Gasteiger partial charge is 0.121 e. The van der Waals surface area contributed by atoms with Gasteiger partial charge in [-0.25, -0.2) is 0 Å². The second-order valence-electron chi connectivity index (χ2n) is 2.88. The van der Waals surface area contributed by atoms with Gasteiger partial charge in [-0.15, -0.1) is 6.58 Å². The van der Waals surface area contributed by atoms with Crippen molar-refractivity contribution in [2.75, 3.05) is 0 Å². The molecular formula is C11H14O2. The van der Waals surface area contributed by atoms with Crippen molar-refractivity contribution < 1.29 is 10.2 Å². The van der Waals surface area contributed by atoms with Gasteiger partial charge < -0.3 is 10.2 Å². The van der Waals surface area contributed by atoms with Crippen molar-refractivity contribution in [3.63, 3.8) is 0 Å². The normalized spacial score (nSPS) is 12.5. The van der Waals surface area contributed by atoms with Crippen molar-refractivity contribution >= 4 is 0 Å². The molecule has 13 heavy (non-hydrogen) atoms. The summed E-state index contributed by atoms with van der Waals surface area (Å²) in [7, 11) is 0. The van der Waals surface area contributed by atoms with E-state index < -0.39 is 6.10 Å². The van der Waals surface area contributed by atoms with Gasteiger partial charge in [0.25, 0.3) is 0 Å². The Morgan fingerprint density at radius 1 is 1.54 bits per heavy atom. The van der Waals surface area contributed by atoms with Crippen LogP contribution in [0.2, 0.25) is 0 Å². The number of rotatable bonds is 3. The van der Waals surface area contributed by atoms with Crippen molar-refractivity contribution in [2.24, 2.45) is 0 Å². The van der Waals surface area contributed by atoms with E-state index in [1.54, 1.807) is 12.1 Å². The van der Waals surface area contributed by atoms with Gasteiger partial charge in [0, 0.05) is 5.56 Å². The van der Waals surface area contributed by atoms with Gasteiger partial charge in [0.05, 0.1) is 0 Å². The minimum atomic E-state index is -0.781. The summed E-state index contributed by atoms with van der Waals surface area (Å²) in [4.78, 5) is 0. The lowest BCUT2D eigenvalue weighted by Crippen LogP contribution is -1.98. The summed E-state index contributed by atoms with van der Waals surface area (Å²) in [5.74, 6) is 0.131. The van der Waals surface area contributed by atoms with Crippen molar-refractivity contribution in [3.05, 3.63) is 42.0 Å². The molecular weight excluding hydrogens is 164 g/mol. The Hall–Kier alpha value is -1.28. The molecule has 0 saturated carbocycles. The highest BCUT2D eigenvalue weighted by Gasteiger charge is 2.12. The van der Waals surface area contributed by atoms with E-state index in [1.165, 1.54) is 6.08 Å². The second kappa shape index (κ2) is 4.10. The van der Waals surface area contributed by atoms with E-state index in [0.29, 0.717) is 5.56 Å². The minimum absolute atomic E-state index is 0.131. The molecule has 2 nitrogen and oxygen atoms in total. The number of aliphatic hydroxyl groups is 1. The van der Waals surface area contributed by atoms with E-state index in [4.69, 9.17) is 0 Å². The Labute approximate surface area is 78.2 Å². The molecule has 70 valence electrons. The van der Waals surface area contributed by atoms with E-state index >= 15 is 0 Å². The van der Waals surface area contributed by atoms with Crippen LogP contribution in [-0.4, -0.2) is 10.2 Å². The van der Waals surface area contributed by atoms with Crippen molar-refractivity contribution in [2.45, 2.75) is 19.4 Å². The molecule has 0 aliphatic heterocycles. The maximum absolute atomic E-state index is 9.54. The Balaban J connectivity index is 3.22. The predicted molar refractivity (Wildman–Crippen MR) is 52.6 cm³/mol. The van der Waals surface area contributed by atoms with Gasteiger partial charge >= 0.3 is 0 Å². The zero-order chi connectivity index (χ0) is 9.84. The van der Waals surface area contributed by atoms with E-state index in [1.807, 2.05) is 13.0 Å². The number of aliphatic hydroxyl groups excluding tert-OH is 1. The van der Waals surface area contributed by atoms with Crippen LogP contribution in [0, 0.1) is 0 Å². The lowest BCUT2D eigenvalue weighted by atomic mass is 9.99. The highest BCUT2D eigenvalue weighted by Crippen LogP contribution is 2.28. The molecule has 0 aromatic heterocycles. The van der Waals surface area contributed by atoms with Gasteiger partial charge in [0.1, 0.15) is 11.9 Å². The van der Waals surface area contributed by atoms with Crippen LogP contribution in [0.1, 0.15) is 24.2 Å². The Morgan fingerprint density at radius 2 is 2.23 bits per heavy atom. The molecule has 0 unspecified atom stereocenters. The predicted octanol–water partition coefficient (Wildman–Crippen LogP) is 2.17. The molecule has 0 saturated heterocycles. The van der Waals surface area contributed by atoms with Gasteiger partial charge in [0.2, 0.25) is 0 Å². The number of phenolic OH excluding ortho intramolecular Hbond substituents is 1. The lowest BCUT2D eigenvalue weighted by molar-refractivity contribution is 0.223. The monoisotopic (exact) mass is 178 g/mol. The first-order valence-corrected chi connectivity index (χ1v) is 4.32. The molecule has 1 atom stereocenters. The fourth-order valence-electron chi connectivity index (χ4n) is 1.37. The van der Waals surface area contributed by atoms with Crippen molar-refractivity contribution in [1.29, 1.82) is 0 Å². The van der Waals surface area contributed by atoms with Gasteiger partial charge in [-0.3, -0.25) is 0 Å². The maximum atomic E-state index is 9.54. The number of aromatic hydroxyl groups is 1. The summed E-state index contributed by atoms with van der Waals surface area (Å²) in [5.41, 5.74) is 1.52. The number of aryl methyl sites for hydroxylation is 1. The topological polar surface area (TPSA) is 40.5 Å². The maximum Gasteiger partial charge on any atom is 0.121 e. The molecule has 0 heterocycles. The SMILES string of the molecule is C=C[C@@H](O)c1c(O)cccc1CC. The Bertz CT molecular complexity index is 305. The summed E-state index contributed by atoms with van der Waals surface area (Å²) in [6.45, 7) is 5.47. The standard InChI is InChI=1S/C11H14O2/c1-3-8-6-5-7-10(13)11(8)9(12)4-2/h4-7,9,12-13H,2-3H2,1H3/t9-/m1/s1. The Kier molecular flexibility index (Phi) is 3.09. The summed E-state index contributed by atoms with van der Waals surface area (Å²) in [6.07, 6.45) is 1.42. The first-order chi connectivity index (χ1) is 6.20. The van der Waals surface area contributed by atoms with Crippen LogP contribution in [0.3, 0.4) is 0 Å². The van der Waals surface area contributed by atoms with Gasteiger partial charge in [-0.2, -0.15) is 0 Å². The first-order valence-electron chi connectivity index (χ1n) is 4.32. The molecule has 1 rings (SSSR count). The molecule has 0 amide bonds. The summed E-state index contributed by atoms with van der Waals surface area (Å²) >= 11 is 0. The molecule has 0 bridgehead atoms. The molecule has 0 aliphatic rings. The van der Waals surface area contributed by atoms with Crippen LogP contribution >= 0.6 is 0 Å². The second-order valence-corrected chi connectivity index (χ2v) is 2.88. The third-order valence-corrected chi connectivity index (χ3v) is 2.07. The third-order valence-electron chi connectivity index (χ3n) is 2.07. The van der Waals surface area contributed by atoms with E-state index in [2.05, 4.69) is 6.58 Å². The van der Waals surface area contributed by atoms with Crippen LogP contribution < -0.4 is 0 Å². The largest absolute Gasteiger partial charge is 0.508 e. The lowest BCUT2D eigenvalue weighted by Gasteiger charge is -2.12. The van der Waals surface area contributed by atoms with E-state index in [9.17, 15) is 10.2 Å². The Morgan fingerprint density at radius 3 is 2.77 bits per heavy atom. The summed E-state index contributed by atoms with van der Waals surface area (Å²) in [5, 5.41) is 19.1. The summed E-state index contributed by atoms with van der Waals surface area (Å²) in [6, 6.07) is 5.23. The van der Waals surface area contributed by atoms with Crippen molar-refractivity contribution in [3.8, 4) is 5.75 Å². The number of hydrogen-bond acceptors (Lipinski definition) is 2. The van der Waals surface area contributed by atoms with Crippen molar-refractivity contribution in [1.82, 2.24) is 0 Å². The number of hydrogen-bond donors (Lipinski definition) is 2. The van der Waals surface area contributed by atoms with Gasteiger partial charge in [-0.1, -0.05) is 25.1 Å². The highest BCUT2D eigenvalue weighted by atomic mass is 16.3. The van der Waals surface area contributed by atoms with Crippen LogP contribution in [0.15, 0.2) is 30.9 Å². The third kappa shape index (κ3) is 1.90. The van der Waals surface area contributed by atoms with Crippen LogP contribution in [0.5, 0.6) is 5.75 Å². The van der Waals surface area contributed by atoms with Gasteiger partial charge in [0.15, 0.2) is 0 Å². The molecule has 0 fully saturated rings. The average molecular weight is 178 g/mol. The first kappa shape index (κ1) is 9.81. The molecule has 2 heteroatoms. The van der Waals surface area contributed by atoms with E-state index in [-0.39, 0.29) is 5.75 Å². The summed E-state index contributed by atoms with van der Waals surface area (Å²) < 4.78 is 0. The van der Waals surface area contributed by atoms with E-state index in [0.717, 1.165) is 12.0 Å². The molecule has 1 aromatic carbocycles. The van der Waals surface area contributed by atoms with Gasteiger partial charge in [-0.05, 0) is 18.1 Å². The number of phenols is 1. The van der Waals surface area contributed by atoms with Crippen LogP contribution in [-0.2, 0) is 6.42 Å². The molecule has 2 N–H and O–H groups in total. The number of benzene rings is 1. The average Bonchev–Trinajstić information content (AvgIpc) is 2.16. The quantitative estimate of drug-likeness (QED) is 0.696. The zero-order valence-corrected chi connectivity index (χ0v) is 7.70.